The fourth-order valence-corrected chi connectivity index (χ4v) is 3.04. The summed E-state index contributed by atoms with van der Waals surface area (Å²) < 4.78 is 23.5. The number of hydrogen-bond donors (Lipinski definition) is 2. The maximum Gasteiger partial charge on any atom is 0.207 e. The fourth-order valence-electron chi connectivity index (χ4n) is 1.51. The Morgan fingerprint density at radius 2 is 2.07 bits per heavy atom. The number of sulfone groups is 1. The number of anilines is 1. The number of hydrogen-bond acceptors (Lipinski definition) is 4. The molecule has 1 aromatic rings. The highest BCUT2D eigenvalue weighted by Crippen LogP contribution is 2.35. The van der Waals surface area contributed by atoms with E-state index in [9.17, 15) is 8.42 Å². The maximum absolute atomic E-state index is 11.7. The Bertz CT molecular complexity index is 517. The van der Waals surface area contributed by atoms with Gasteiger partial charge in [0.1, 0.15) is 4.90 Å². The SMILES string of the molecule is Nc1cccc2c1S(=O)(=O)C(CO)=C2. The van der Waals surface area contributed by atoms with E-state index in [1.165, 1.54) is 12.1 Å². The Balaban J connectivity index is 2.78. The summed E-state index contributed by atoms with van der Waals surface area (Å²) in [6, 6.07) is 4.87. The average Bonchev–Trinajstić information content (AvgIpc) is 2.38. The van der Waals surface area contributed by atoms with Crippen LogP contribution in [0.15, 0.2) is 28.0 Å². The van der Waals surface area contributed by atoms with Crippen LogP contribution in [-0.4, -0.2) is 20.1 Å². The van der Waals surface area contributed by atoms with Gasteiger partial charge in [0, 0.05) is 0 Å². The molecule has 14 heavy (non-hydrogen) atoms. The minimum atomic E-state index is -3.54. The number of nitrogen functional groups attached to an aromatic ring is 1. The van der Waals surface area contributed by atoms with Crippen LogP contribution in [0.3, 0.4) is 0 Å². The van der Waals surface area contributed by atoms with E-state index in [-0.39, 0.29) is 15.5 Å². The minimum absolute atomic E-state index is 0.00500. The van der Waals surface area contributed by atoms with Crippen LogP contribution in [0.1, 0.15) is 5.56 Å². The van der Waals surface area contributed by atoms with Crippen molar-refractivity contribution in [2.45, 2.75) is 4.90 Å². The molecule has 1 aromatic carbocycles. The summed E-state index contributed by atoms with van der Waals surface area (Å²) in [5.74, 6) is 0. The summed E-state index contributed by atoms with van der Waals surface area (Å²) in [4.78, 5) is 0.120. The topological polar surface area (TPSA) is 80.4 Å². The molecule has 2 rings (SSSR count). The van der Waals surface area contributed by atoms with Crippen LogP contribution < -0.4 is 5.73 Å². The molecule has 1 aliphatic rings. The van der Waals surface area contributed by atoms with Crippen molar-refractivity contribution in [2.24, 2.45) is 0 Å². The van der Waals surface area contributed by atoms with Crippen molar-refractivity contribution in [1.29, 1.82) is 0 Å². The van der Waals surface area contributed by atoms with Crippen molar-refractivity contribution >= 4 is 21.6 Å². The van der Waals surface area contributed by atoms with Crippen molar-refractivity contribution in [3.63, 3.8) is 0 Å². The third-order valence-electron chi connectivity index (χ3n) is 2.16. The summed E-state index contributed by atoms with van der Waals surface area (Å²) in [5.41, 5.74) is 6.34. The zero-order chi connectivity index (χ0) is 10.3. The van der Waals surface area contributed by atoms with E-state index >= 15 is 0 Å². The highest BCUT2D eigenvalue weighted by molar-refractivity contribution is 7.96. The molecule has 0 aliphatic carbocycles. The Morgan fingerprint density at radius 3 is 2.64 bits per heavy atom. The summed E-state index contributed by atoms with van der Waals surface area (Å²) in [6.45, 7) is -0.490. The van der Waals surface area contributed by atoms with Crippen molar-refractivity contribution in [3.8, 4) is 0 Å². The van der Waals surface area contributed by atoms with E-state index in [0.717, 1.165) is 0 Å². The van der Waals surface area contributed by atoms with Gasteiger partial charge in [-0.2, -0.15) is 0 Å². The second kappa shape index (κ2) is 2.83. The Hall–Kier alpha value is -1.33. The van der Waals surface area contributed by atoms with Gasteiger partial charge in [0.2, 0.25) is 9.84 Å². The van der Waals surface area contributed by atoms with Gasteiger partial charge < -0.3 is 10.8 Å². The molecule has 0 spiro atoms. The van der Waals surface area contributed by atoms with Gasteiger partial charge in [-0.15, -0.1) is 0 Å². The largest absolute Gasteiger partial charge is 0.398 e. The first-order valence-electron chi connectivity index (χ1n) is 4.02. The van der Waals surface area contributed by atoms with E-state index in [2.05, 4.69) is 0 Å². The monoisotopic (exact) mass is 211 g/mol. The molecule has 0 unspecified atom stereocenters. The number of fused-ring (bicyclic) bond motifs is 1. The average molecular weight is 211 g/mol. The summed E-state index contributed by atoms with van der Waals surface area (Å²) in [6.07, 6.45) is 1.45. The third kappa shape index (κ3) is 1.06. The molecular formula is C9H9NO3S. The lowest BCUT2D eigenvalue weighted by atomic mass is 10.2. The van der Waals surface area contributed by atoms with E-state index in [4.69, 9.17) is 10.8 Å². The molecule has 3 N–H and O–H groups in total. The summed E-state index contributed by atoms with van der Waals surface area (Å²) in [7, 11) is -3.54. The van der Waals surface area contributed by atoms with Gasteiger partial charge in [-0.1, -0.05) is 12.1 Å². The standard InChI is InChI=1S/C9H9NO3S/c10-8-3-1-2-6-4-7(5-11)14(12,13)9(6)8/h1-4,11H,5,10H2. The normalized spacial score (nSPS) is 17.6. The van der Waals surface area contributed by atoms with Crippen molar-refractivity contribution < 1.29 is 13.5 Å². The second-order valence-electron chi connectivity index (χ2n) is 3.04. The first-order valence-corrected chi connectivity index (χ1v) is 5.50. The molecule has 0 bridgehead atoms. The number of benzene rings is 1. The van der Waals surface area contributed by atoms with E-state index in [1.54, 1.807) is 12.1 Å². The zero-order valence-corrected chi connectivity index (χ0v) is 8.08. The third-order valence-corrected chi connectivity index (χ3v) is 4.11. The smallest absolute Gasteiger partial charge is 0.207 e. The van der Waals surface area contributed by atoms with Gasteiger partial charge >= 0.3 is 0 Å². The summed E-state index contributed by atoms with van der Waals surface area (Å²) >= 11 is 0. The molecule has 0 atom stereocenters. The molecule has 0 aromatic heterocycles. The molecule has 74 valence electrons. The molecule has 4 nitrogen and oxygen atoms in total. The number of nitrogens with two attached hydrogens (primary N) is 1. The van der Waals surface area contributed by atoms with Crippen LogP contribution >= 0.6 is 0 Å². The van der Waals surface area contributed by atoms with Gasteiger partial charge in [0.05, 0.1) is 17.2 Å². The van der Waals surface area contributed by atoms with Crippen molar-refractivity contribution in [2.75, 3.05) is 12.3 Å². The van der Waals surface area contributed by atoms with Crippen LogP contribution in [-0.2, 0) is 9.84 Å². The van der Waals surface area contributed by atoms with Crippen LogP contribution in [0, 0.1) is 0 Å². The highest BCUT2D eigenvalue weighted by atomic mass is 32.2. The number of rotatable bonds is 1. The quantitative estimate of drug-likeness (QED) is 0.658. The molecule has 0 saturated heterocycles. The molecular weight excluding hydrogens is 202 g/mol. The van der Waals surface area contributed by atoms with Gasteiger partial charge in [-0.3, -0.25) is 0 Å². The first-order chi connectivity index (χ1) is 6.57. The lowest BCUT2D eigenvalue weighted by molar-refractivity contribution is 0.339. The number of aliphatic hydroxyl groups is 1. The van der Waals surface area contributed by atoms with Crippen molar-refractivity contribution in [3.05, 3.63) is 28.7 Å². The lowest BCUT2D eigenvalue weighted by Crippen LogP contribution is -2.06. The van der Waals surface area contributed by atoms with Gasteiger partial charge in [-0.05, 0) is 17.7 Å². The van der Waals surface area contributed by atoms with Gasteiger partial charge in [0.15, 0.2) is 0 Å². The molecule has 0 saturated carbocycles. The van der Waals surface area contributed by atoms with E-state index < -0.39 is 16.4 Å². The lowest BCUT2D eigenvalue weighted by Gasteiger charge is -2.03. The van der Waals surface area contributed by atoms with Gasteiger partial charge in [-0.25, -0.2) is 8.42 Å². The Labute approximate surface area is 81.6 Å². The summed E-state index contributed by atoms with van der Waals surface area (Å²) in [5, 5.41) is 8.88. The van der Waals surface area contributed by atoms with Gasteiger partial charge in [0.25, 0.3) is 0 Å². The molecule has 1 aliphatic heterocycles. The van der Waals surface area contributed by atoms with Crippen molar-refractivity contribution in [1.82, 2.24) is 0 Å². The first kappa shape index (κ1) is 9.23. The van der Waals surface area contributed by atoms with Crippen LogP contribution in [0.4, 0.5) is 5.69 Å². The molecule has 1 heterocycles. The zero-order valence-electron chi connectivity index (χ0n) is 7.27. The fraction of sp³-hybridized carbons (Fsp3) is 0.111. The minimum Gasteiger partial charge on any atom is -0.398 e. The van der Waals surface area contributed by atoms with Crippen LogP contribution in [0.25, 0.3) is 6.08 Å². The van der Waals surface area contributed by atoms with Crippen LogP contribution in [0.2, 0.25) is 0 Å². The molecule has 0 radical (unpaired) electrons. The van der Waals surface area contributed by atoms with E-state index in [1.807, 2.05) is 0 Å². The Kier molecular flexibility index (Phi) is 1.87. The van der Waals surface area contributed by atoms with Crippen LogP contribution in [0.5, 0.6) is 0 Å². The number of aliphatic hydroxyl groups excluding tert-OH is 1. The maximum atomic E-state index is 11.7. The molecule has 0 fully saturated rings. The highest BCUT2D eigenvalue weighted by Gasteiger charge is 2.30. The second-order valence-corrected chi connectivity index (χ2v) is 4.98. The van der Waals surface area contributed by atoms with E-state index in [0.29, 0.717) is 5.56 Å². The predicted molar refractivity (Wildman–Crippen MR) is 53.1 cm³/mol. The Morgan fingerprint density at radius 1 is 1.36 bits per heavy atom. The molecule has 0 amide bonds. The predicted octanol–water partition coefficient (Wildman–Crippen LogP) is 0.389. The molecule has 5 heteroatoms.